The summed E-state index contributed by atoms with van der Waals surface area (Å²) in [5, 5.41) is 0. The van der Waals surface area contributed by atoms with Gasteiger partial charge in [0, 0.05) is 6.21 Å². The first-order valence-corrected chi connectivity index (χ1v) is 3.78. The Hall–Kier alpha value is -1.11. The standard InChI is InChI=1S/C10H13N/c1-8(2)7-10-9(3)5-4-6-11-10/h6-7H,1,3-5H2,2H3/b10-7+. The van der Waals surface area contributed by atoms with Crippen LogP contribution in [0.4, 0.5) is 0 Å². The minimum Gasteiger partial charge on any atom is -0.261 e. The molecule has 0 saturated heterocycles. The molecule has 1 aliphatic rings. The number of nitrogens with zero attached hydrogens (tertiary/aromatic N) is 1. The van der Waals surface area contributed by atoms with Gasteiger partial charge in [-0.3, -0.25) is 4.99 Å². The van der Waals surface area contributed by atoms with Crippen molar-refractivity contribution in [2.75, 3.05) is 0 Å². The van der Waals surface area contributed by atoms with Crippen LogP contribution in [0.25, 0.3) is 0 Å². The summed E-state index contributed by atoms with van der Waals surface area (Å²) in [5.41, 5.74) is 3.14. The maximum atomic E-state index is 4.23. The van der Waals surface area contributed by atoms with Crippen LogP contribution in [0.15, 0.2) is 41.1 Å². The first kappa shape index (κ1) is 7.99. The van der Waals surface area contributed by atoms with Gasteiger partial charge in [0.25, 0.3) is 0 Å². The van der Waals surface area contributed by atoms with Crippen LogP contribution < -0.4 is 0 Å². The number of hydrogen-bond donors (Lipinski definition) is 0. The Bertz CT molecular complexity index is 244. The van der Waals surface area contributed by atoms with E-state index >= 15 is 0 Å². The van der Waals surface area contributed by atoms with E-state index in [1.807, 2.05) is 19.2 Å². The van der Waals surface area contributed by atoms with Crippen LogP contribution in [0.3, 0.4) is 0 Å². The second-order valence-electron chi connectivity index (χ2n) is 2.83. The summed E-state index contributed by atoms with van der Waals surface area (Å²) in [5.74, 6) is 0. The molecule has 0 amide bonds. The van der Waals surface area contributed by atoms with Crippen molar-refractivity contribution in [3.8, 4) is 0 Å². The van der Waals surface area contributed by atoms with E-state index in [9.17, 15) is 0 Å². The molecule has 0 aliphatic carbocycles. The van der Waals surface area contributed by atoms with E-state index in [0.717, 1.165) is 29.7 Å². The van der Waals surface area contributed by atoms with Gasteiger partial charge in [-0.1, -0.05) is 18.7 Å². The Morgan fingerprint density at radius 1 is 1.73 bits per heavy atom. The molecule has 1 aliphatic heterocycles. The smallest absolute Gasteiger partial charge is 0.0654 e. The molecule has 0 radical (unpaired) electrons. The molecule has 0 unspecified atom stereocenters. The third-order valence-electron chi connectivity index (χ3n) is 1.55. The SMILES string of the molecule is C=C(C)/C=C1/N=CCCC1=C. The molecule has 0 fully saturated rings. The quantitative estimate of drug-likeness (QED) is 0.540. The molecule has 1 heterocycles. The first-order valence-electron chi connectivity index (χ1n) is 3.78. The van der Waals surface area contributed by atoms with Gasteiger partial charge in [-0.15, -0.1) is 0 Å². The van der Waals surface area contributed by atoms with Crippen molar-refractivity contribution in [1.82, 2.24) is 0 Å². The van der Waals surface area contributed by atoms with Gasteiger partial charge in [0.05, 0.1) is 5.70 Å². The summed E-state index contributed by atoms with van der Waals surface area (Å²) in [4.78, 5) is 4.23. The zero-order chi connectivity index (χ0) is 8.27. The Balaban J connectivity index is 2.84. The number of rotatable bonds is 1. The summed E-state index contributed by atoms with van der Waals surface area (Å²) in [6, 6.07) is 0. The molecule has 0 saturated carbocycles. The van der Waals surface area contributed by atoms with E-state index in [1.165, 1.54) is 0 Å². The van der Waals surface area contributed by atoms with Crippen LogP contribution in [0, 0.1) is 0 Å². The largest absolute Gasteiger partial charge is 0.261 e. The van der Waals surface area contributed by atoms with Crippen molar-refractivity contribution < 1.29 is 0 Å². The topological polar surface area (TPSA) is 12.4 Å². The minimum absolute atomic E-state index is 0.990. The predicted octanol–water partition coefficient (Wildman–Crippen LogP) is 2.87. The van der Waals surface area contributed by atoms with Crippen LogP contribution in [-0.2, 0) is 0 Å². The van der Waals surface area contributed by atoms with Crippen molar-refractivity contribution >= 4 is 6.21 Å². The lowest BCUT2D eigenvalue weighted by Gasteiger charge is -2.09. The molecule has 1 heteroatoms. The normalized spacial score (nSPS) is 20.8. The van der Waals surface area contributed by atoms with E-state index in [0.29, 0.717) is 0 Å². The van der Waals surface area contributed by atoms with Crippen LogP contribution in [-0.4, -0.2) is 6.21 Å². The fraction of sp³-hybridized carbons (Fsp3) is 0.300. The number of hydrogen-bond acceptors (Lipinski definition) is 1. The zero-order valence-electron chi connectivity index (χ0n) is 6.93. The van der Waals surface area contributed by atoms with E-state index in [2.05, 4.69) is 18.2 Å². The third-order valence-corrected chi connectivity index (χ3v) is 1.55. The van der Waals surface area contributed by atoms with Gasteiger partial charge in [-0.05, 0) is 31.4 Å². The maximum absolute atomic E-state index is 4.23. The maximum Gasteiger partial charge on any atom is 0.0654 e. The molecule has 11 heavy (non-hydrogen) atoms. The lowest BCUT2D eigenvalue weighted by molar-refractivity contribution is 0.992. The van der Waals surface area contributed by atoms with Crippen LogP contribution >= 0.6 is 0 Å². The van der Waals surface area contributed by atoms with Crippen molar-refractivity contribution in [2.24, 2.45) is 4.99 Å². The van der Waals surface area contributed by atoms with Crippen LogP contribution in [0.5, 0.6) is 0 Å². The lowest BCUT2D eigenvalue weighted by Crippen LogP contribution is -1.94. The molecule has 0 aromatic rings. The van der Waals surface area contributed by atoms with Crippen LogP contribution in [0.2, 0.25) is 0 Å². The highest BCUT2D eigenvalue weighted by Crippen LogP contribution is 2.19. The van der Waals surface area contributed by atoms with Gasteiger partial charge in [0.15, 0.2) is 0 Å². The fourth-order valence-electron chi connectivity index (χ4n) is 0.994. The Morgan fingerprint density at radius 3 is 3.00 bits per heavy atom. The molecule has 0 aromatic heterocycles. The molecule has 0 spiro atoms. The summed E-state index contributed by atoms with van der Waals surface area (Å²) in [6.45, 7) is 9.68. The molecule has 58 valence electrons. The fourth-order valence-corrected chi connectivity index (χ4v) is 0.994. The summed E-state index contributed by atoms with van der Waals surface area (Å²) >= 11 is 0. The van der Waals surface area contributed by atoms with Gasteiger partial charge in [-0.25, -0.2) is 0 Å². The highest BCUT2D eigenvalue weighted by molar-refractivity contribution is 5.64. The summed E-state index contributed by atoms with van der Waals surface area (Å²) < 4.78 is 0. The van der Waals surface area contributed by atoms with Crippen LogP contribution in [0.1, 0.15) is 19.8 Å². The minimum atomic E-state index is 0.990. The van der Waals surface area contributed by atoms with E-state index in [1.54, 1.807) is 0 Å². The monoisotopic (exact) mass is 147 g/mol. The summed E-state index contributed by atoms with van der Waals surface area (Å²) in [7, 11) is 0. The second-order valence-corrected chi connectivity index (χ2v) is 2.83. The molecule has 1 nitrogen and oxygen atoms in total. The van der Waals surface area contributed by atoms with Gasteiger partial charge in [0.2, 0.25) is 0 Å². The van der Waals surface area contributed by atoms with Crippen molar-refractivity contribution in [3.63, 3.8) is 0 Å². The number of allylic oxidation sites excluding steroid dienone is 3. The molecule has 0 bridgehead atoms. The van der Waals surface area contributed by atoms with Gasteiger partial charge in [0.1, 0.15) is 0 Å². The Labute approximate surface area is 67.8 Å². The zero-order valence-corrected chi connectivity index (χ0v) is 6.93. The molecular weight excluding hydrogens is 134 g/mol. The predicted molar refractivity (Wildman–Crippen MR) is 49.8 cm³/mol. The molecule has 0 atom stereocenters. The van der Waals surface area contributed by atoms with Gasteiger partial charge in [-0.2, -0.15) is 0 Å². The van der Waals surface area contributed by atoms with E-state index in [4.69, 9.17) is 0 Å². The molecule has 0 N–H and O–H groups in total. The third kappa shape index (κ3) is 2.19. The molecular formula is C10H13N. The Kier molecular flexibility index (Phi) is 2.42. The Morgan fingerprint density at radius 2 is 2.45 bits per heavy atom. The number of aliphatic imine (C=N–C) groups is 1. The average molecular weight is 147 g/mol. The molecule has 1 rings (SSSR count). The molecule has 0 aromatic carbocycles. The van der Waals surface area contributed by atoms with Gasteiger partial charge >= 0.3 is 0 Å². The highest BCUT2D eigenvalue weighted by atomic mass is 14.7. The first-order chi connectivity index (χ1) is 5.20. The highest BCUT2D eigenvalue weighted by Gasteiger charge is 2.03. The van der Waals surface area contributed by atoms with Crippen molar-refractivity contribution in [1.29, 1.82) is 0 Å². The van der Waals surface area contributed by atoms with E-state index in [-0.39, 0.29) is 0 Å². The summed E-state index contributed by atoms with van der Waals surface area (Å²) in [6.07, 6.45) is 5.95. The average Bonchev–Trinajstić information content (AvgIpc) is 1.93. The van der Waals surface area contributed by atoms with Crippen molar-refractivity contribution in [3.05, 3.63) is 36.1 Å². The second kappa shape index (κ2) is 3.33. The van der Waals surface area contributed by atoms with Gasteiger partial charge < -0.3 is 0 Å². The lowest BCUT2D eigenvalue weighted by atomic mass is 10.1. The van der Waals surface area contributed by atoms with E-state index < -0.39 is 0 Å². The van der Waals surface area contributed by atoms with Crippen molar-refractivity contribution in [2.45, 2.75) is 19.8 Å².